The van der Waals surface area contributed by atoms with Crippen molar-refractivity contribution in [2.45, 2.75) is 27.7 Å². The lowest BCUT2D eigenvalue weighted by Crippen LogP contribution is -2.36. The molecule has 6 nitrogen and oxygen atoms in total. The highest BCUT2D eigenvalue weighted by molar-refractivity contribution is 6.19. The summed E-state index contributed by atoms with van der Waals surface area (Å²) in [6.45, 7) is 7.66. The molecule has 2 amide bonds. The quantitative estimate of drug-likeness (QED) is 0.279. The Hall–Kier alpha value is -3.15. The van der Waals surface area contributed by atoms with Crippen LogP contribution in [0.25, 0.3) is 0 Å². The zero-order chi connectivity index (χ0) is 20.1. The summed E-state index contributed by atoms with van der Waals surface area (Å²) in [5.41, 5.74) is 5.12. The molecule has 0 radical (unpaired) electrons. The first-order valence-electron chi connectivity index (χ1n) is 8.68. The van der Waals surface area contributed by atoms with Crippen molar-refractivity contribution in [3.8, 4) is 0 Å². The van der Waals surface area contributed by atoms with E-state index in [2.05, 4.69) is 10.6 Å². The Kier molecular flexibility index (Phi) is 6.34. The van der Waals surface area contributed by atoms with Crippen LogP contribution in [0.15, 0.2) is 36.4 Å². The Bertz CT molecular complexity index is 834. The summed E-state index contributed by atoms with van der Waals surface area (Å²) in [4.78, 5) is 25.4. The maximum Gasteiger partial charge on any atom is 0.247 e. The number of aryl methyl sites for hydroxylation is 4. The van der Waals surface area contributed by atoms with E-state index in [9.17, 15) is 14.8 Å². The molecule has 2 aromatic carbocycles. The zero-order valence-corrected chi connectivity index (χ0v) is 16.3. The van der Waals surface area contributed by atoms with Crippen molar-refractivity contribution in [1.82, 2.24) is 0 Å². The third-order valence-corrected chi connectivity index (χ3v) is 4.20. The van der Waals surface area contributed by atoms with Gasteiger partial charge in [-0.3, -0.25) is 9.59 Å². The highest BCUT2D eigenvalue weighted by Gasteiger charge is 2.29. The molecule has 0 heterocycles. The second-order valence-corrected chi connectivity index (χ2v) is 6.79. The van der Waals surface area contributed by atoms with Gasteiger partial charge in [-0.2, -0.15) is 0 Å². The fourth-order valence-electron chi connectivity index (χ4n) is 2.79. The highest BCUT2D eigenvalue weighted by atomic mass is 16.5. The third kappa shape index (κ3) is 5.41. The highest BCUT2D eigenvalue weighted by Crippen LogP contribution is 2.19. The van der Waals surface area contributed by atoms with Crippen LogP contribution in [-0.2, 0) is 9.59 Å². The predicted molar refractivity (Wildman–Crippen MR) is 108 cm³/mol. The van der Waals surface area contributed by atoms with Crippen molar-refractivity contribution < 1.29 is 14.3 Å². The molecule has 0 unspecified atom stereocenters. The maximum atomic E-state index is 12.7. The lowest BCUT2D eigenvalue weighted by atomic mass is 10.1. The molecule has 0 aliphatic rings. The van der Waals surface area contributed by atoms with Gasteiger partial charge in [0.25, 0.3) is 0 Å². The summed E-state index contributed by atoms with van der Waals surface area (Å²) in [5.74, 6) is -2.38. The van der Waals surface area contributed by atoms with Crippen molar-refractivity contribution in [1.29, 1.82) is 0 Å². The Morgan fingerprint density at radius 2 is 1.30 bits per heavy atom. The monoisotopic (exact) mass is 367 g/mol. The van der Waals surface area contributed by atoms with Crippen LogP contribution in [0, 0.1) is 38.8 Å². The summed E-state index contributed by atoms with van der Waals surface area (Å²) < 4.78 is 0.466. The van der Waals surface area contributed by atoms with Gasteiger partial charge in [0.1, 0.15) is 7.05 Å². The molecular formula is C21H25N3O3. The van der Waals surface area contributed by atoms with Gasteiger partial charge in [-0.1, -0.05) is 35.4 Å². The Morgan fingerprint density at radius 3 is 1.63 bits per heavy atom. The molecule has 0 saturated carbocycles. The molecule has 0 bridgehead atoms. The van der Waals surface area contributed by atoms with Crippen LogP contribution in [0.4, 0.5) is 11.4 Å². The van der Waals surface area contributed by atoms with Crippen LogP contribution in [0.5, 0.6) is 0 Å². The fraction of sp³-hybridized carbons (Fsp3) is 0.286. The largest absolute Gasteiger partial charge is 0.624 e. The number of carbonyl (C=O) groups is 2. The van der Waals surface area contributed by atoms with Crippen LogP contribution in [-0.4, -0.2) is 29.8 Å². The fourth-order valence-corrected chi connectivity index (χ4v) is 2.79. The van der Waals surface area contributed by atoms with Gasteiger partial charge in [0.2, 0.25) is 11.8 Å². The molecule has 2 aromatic rings. The topological polar surface area (TPSA) is 84.3 Å². The van der Waals surface area contributed by atoms with Gasteiger partial charge in [0, 0.05) is 11.4 Å². The van der Waals surface area contributed by atoms with E-state index in [-0.39, 0.29) is 0 Å². The van der Waals surface area contributed by atoms with Crippen molar-refractivity contribution in [3.63, 3.8) is 0 Å². The van der Waals surface area contributed by atoms with E-state index in [1.165, 1.54) is 7.05 Å². The molecular weight excluding hydrogens is 342 g/mol. The van der Waals surface area contributed by atoms with E-state index in [1.54, 1.807) is 12.1 Å². The number of amides is 2. The van der Waals surface area contributed by atoms with Crippen molar-refractivity contribution in [3.05, 3.63) is 63.9 Å². The molecule has 0 fully saturated rings. The number of nitrogens with zero attached hydrogens (tertiary/aromatic N) is 1. The van der Waals surface area contributed by atoms with Crippen molar-refractivity contribution >= 4 is 29.4 Å². The molecule has 0 spiro atoms. The van der Waals surface area contributed by atoms with Crippen molar-refractivity contribution in [2.75, 3.05) is 17.7 Å². The van der Waals surface area contributed by atoms with Crippen LogP contribution in [0.1, 0.15) is 22.3 Å². The van der Waals surface area contributed by atoms with E-state index in [4.69, 9.17) is 0 Å². The molecule has 0 aromatic heterocycles. The summed E-state index contributed by atoms with van der Waals surface area (Å²) in [7, 11) is 1.24. The number of anilines is 2. The minimum atomic E-state index is -1.26. The van der Waals surface area contributed by atoms with E-state index in [1.807, 2.05) is 52.0 Å². The van der Waals surface area contributed by atoms with E-state index < -0.39 is 17.7 Å². The summed E-state index contributed by atoms with van der Waals surface area (Å²) in [6, 6.07) is 11.2. The maximum absolute atomic E-state index is 12.7. The molecule has 0 atom stereocenters. The summed E-state index contributed by atoms with van der Waals surface area (Å²) in [5, 5.41) is 17.0. The molecule has 6 heteroatoms. The first kappa shape index (κ1) is 20.2. The Morgan fingerprint density at radius 1 is 0.889 bits per heavy atom. The van der Waals surface area contributed by atoms with Crippen LogP contribution < -0.4 is 10.6 Å². The summed E-state index contributed by atoms with van der Waals surface area (Å²) >= 11 is 0. The molecule has 0 saturated heterocycles. The summed E-state index contributed by atoms with van der Waals surface area (Å²) in [6.07, 6.45) is 1.05. The molecule has 0 aliphatic carbocycles. The normalized spacial score (nSPS) is 11.4. The average molecular weight is 367 g/mol. The first-order chi connectivity index (χ1) is 12.7. The second kappa shape index (κ2) is 8.49. The van der Waals surface area contributed by atoms with Gasteiger partial charge in [0.05, 0.1) is 0 Å². The van der Waals surface area contributed by atoms with Gasteiger partial charge >= 0.3 is 0 Å². The van der Waals surface area contributed by atoms with E-state index in [0.29, 0.717) is 16.1 Å². The number of benzene rings is 2. The number of nitrogens with one attached hydrogen (secondary N) is 2. The Balaban J connectivity index is 2.24. The van der Waals surface area contributed by atoms with Gasteiger partial charge in [0.15, 0.2) is 12.1 Å². The third-order valence-electron chi connectivity index (χ3n) is 4.20. The van der Waals surface area contributed by atoms with Gasteiger partial charge in [-0.25, -0.2) is 4.74 Å². The SMILES string of the molecule is Cc1ccc(NC(=O)C(C=[N+](C)[O-])C(=O)Nc2ccc(C)cc2C)c(C)c1. The molecule has 2 N–H and O–H groups in total. The number of hydrogen-bond donors (Lipinski definition) is 2. The first-order valence-corrected chi connectivity index (χ1v) is 8.68. The number of carbonyl (C=O) groups excluding carboxylic acids is 2. The molecule has 2 rings (SSSR count). The second-order valence-electron chi connectivity index (χ2n) is 6.79. The van der Waals surface area contributed by atoms with E-state index in [0.717, 1.165) is 28.5 Å². The molecule has 27 heavy (non-hydrogen) atoms. The van der Waals surface area contributed by atoms with Crippen LogP contribution >= 0.6 is 0 Å². The van der Waals surface area contributed by atoms with E-state index >= 15 is 0 Å². The van der Waals surface area contributed by atoms with Crippen LogP contribution in [0.3, 0.4) is 0 Å². The molecule has 0 aliphatic heterocycles. The zero-order valence-electron chi connectivity index (χ0n) is 16.3. The molecule has 142 valence electrons. The van der Waals surface area contributed by atoms with Gasteiger partial charge < -0.3 is 15.8 Å². The standard InChI is InChI=1S/C21H25N3O3/c1-13-6-8-18(15(3)10-13)22-20(25)17(12-24(5)27)21(26)23-19-9-7-14(2)11-16(19)4/h6-12,17H,1-5H3,(H,22,25)(H,23,26). The van der Waals surface area contributed by atoms with Gasteiger partial charge in [-0.05, 0) is 51.0 Å². The smallest absolute Gasteiger partial charge is 0.247 e. The van der Waals surface area contributed by atoms with Crippen molar-refractivity contribution in [2.24, 2.45) is 5.92 Å². The minimum Gasteiger partial charge on any atom is -0.624 e. The van der Waals surface area contributed by atoms with Crippen LogP contribution in [0.2, 0.25) is 0 Å². The lowest BCUT2D eigenvalue weighted by Gasteiger charge is -2.15. The average Bonchev–Trinajstić information content (AvgIpc) is 2.57. The number of hydroxylamine groups is 1. The number of rotatable bonds is 5. The lowest BCUT2D eigenvalue weighted by molar-refractivity contribution is -0.419. The number of hydrogen-bond acceptors (Lipinski definition) is 3. The predicted octanol–water partition coefficient (Wildman–Crippen LogP) is 3.32. The Labute approximate surface area is 159 Å². The minimum absolute atomic E-state index is 0.466. The van der Waals surface area contributed by atoms with Gasteiger partial charge in [-0.15, -0.1) is 0 Å².